The molecular weight excluding hydrogens is 226 g/mol. The molecule has 1 rings (SSSR count). The Bertz CT molecular complexity index is 502. The zero-order valence-electron chi connectivity index (χ0n) is 9.17. The lowest BCUT2D eigenvalue weighted by Gasteiger charge is -2.08. The summed E-state index contributed by atoms with van der Waals surface area (Å²) in [5, 5.41) is 8.57. The second-order valence-corrected chi connectivity index (χ2v) is 5.60. The van der Waals surface area contributed by atoms with Gasteiger partial charge in [-0.15, -0.1) is 0 Å². The van der Waals surface area contributed by atoms with Gasteiger partial charge in [-0.25, -0.2) is 8.42 Å². The van der Waals surface area contributed by atoms with E-state index >= 15 is 0 Å². The first kappa shape index (κ1) is 12.5. The Morgan fingerprint density at radius 3 is 2.75 bits per heavy atom. The van der Waals surface area contributed by atoms with Gasteiger partial charge >= 0.3 is 0 Å². The average Bonchev–Trinajstić information content (AvgIpc) is 2.25. The minimum absolute atomic E-state index is 0.217. The van der Waals surface area contributed by atoms with Crippen molar-refractivity contribution >= 4 is 9.84 Å². The fraction of sp³-hybridized carbons (Fsp3) is 0.364. The predicted octanol–water partition coefficient (Wildman–Crippen LogP) is 1.63. The van der Waals surface area contributed by atoms with Crippen LogP contribution in [0.3, 0.4) is 0 Å². The maximum Gasteiger partial charge on any atom is 0.175 e. The molecule has 1 atom stereocenters. The number of hydrogen-bond donors (Lipinski definition) is 0. The largest absolute Gasteiger partial charge is 0.492 e. The number of sulfone groups is 1. The van der Waals surface area contributed by atoms with Crippen molar-refractivity contribution < 1.29 is 13.2 Å². The van der Waals surface area contributed by atoms with E-state index in [9.17, 15) is 8.42 Å². The average molecular weight is 239 g/mol. The summed E-state index contributed by atoms with van der Waals surface area (Å²) in [6.07, 6.45) is 1.14. The fourth-order valence-electron chi connectivity index (χ4n) is 1.05. The minimum Gasteiger partial charge on any atom is -0.492 e. The van der Waals surface area contributed by atoms with Gasteiger partial charge in [0.1, 0.15) is 12.4 Å². The maximum atomic E-state index is 11.3. The molecule has 1 unspecified atom stereocenters. The Morgan fingerprint density at radius 1 is 1.50 bits per heavy atom. The third-order valence-electron chi connectivity index (χ3n) is 1.95. The summed E-state index contributed by atoms with van der Waals surface area (Å²) in [5.74, 6) is 0.243. The molecule has 0 N–H and O–H groups in total. The molecule has 0 amide bonds. The van der Waals surface area contributed by atoms with Crippen molar-refractivity contribution in [1.82, 2.24) is 0 Å². The molecule has 1 aromatic rings. The van der Waals surface area contributed by atoms with Crippen molar-refractivity contribution in [2.45, 2.75) is 11.8 Å². The van der Waals surface area contributed by atoms with Gasteiger partial charge in [-0.1, -0.05) is 6.07 Å². The zero-order valence-corrected chi connectivity index (χ0v) is 9.99. The summed E-state index contributed by atoms with van der Waals surface area (Å²) in [7, 11) is -3.21. The van der Waals surface area contributed by atoms with E-state index in [1.807, 2.05) is 6.07 Å². The lowest BCUT2D eigenvalue weighted by Crippen LogP contribution is -2.06. The van der Waals surface area contributed by atoms with Gasteiger partial charge in [0.15, 0.2) is 9.84 Å². The third-order valence-corrected chi connectivity index (χ3v) is 3.06. The number of nitriles is 1. The number of rotatable bonds is 4. The molecule has 86 valence electrons. The summed E-state index contributed by atoms with van der Waals surface area (Å²) >= 11 is 0. The third kappa shape index (κ3) is 3.55. The van der Waals surface area contributed by atoms with E-state index in [1.54, 1.807) is 19.1 Å². The maximum absolute atomic E-state index is 11.3. The monoisotopic (exact) mass is 239 g/mol. The highest BCUT2D eigenvalue weighted by atomic mass is 32.2. The van der Waals surface area contributed by atoms with Crippen LogP contribution in [-0.4, -0.2) is 21.3 Å². The van der Waals surface area contributed by atoms with Crippen molar-refractivity contribution in [1.29, 1.82) is 5.26 Å². The molecule has 1 aromatic carbocycles. The molecule has 0 aliphatic rings. The Hall–Kier alpha value is -1.54. The molecule has 0 saturated carbocycles. The Kier molecular flexibility index (Phi) is 3.91. The summed E-state index contributed by atoms with van der Waals surface area (Å²) < 4.78 is 27.9. The van der Waals surface area contributed by atoms with Crippen molar-refractivity contribution in [2.24, 2.45) is 5.92 Å². The second-order valence-electron chi connectivity index (χ2n) is 3.59. The summed E-state index contributed by atoms with van der Waals surface area (Å²) in [6.45, 7) is 1.99. The van der Waals surface area contributed by atoms with Crippen molar-refractivity contribution in [3.05, 3.63) is 24.3 Å². The van der Waals surface area contributed by atoms with Crippen LogP contribution in [-0.2, 0) is 9.84 Å². The van der Waals surface area contributed by atoms with E-state index in [-0.39, 0.29) is 17.4 Å². The van der Waals surface area contributed by atoms with E-state index in [2.05, 4.69) is 0 Å². The van der Waals surface area contributed by atoms with E-state index in [1.165, 1.54) is 12.1 Å². The highest BCUT2D eigenvalue weighted by Gasteiger charge is 2.08. The molecule has 0 radical (unpaired) electrons. The van der Waals surface area contributed by atoms with Gasteiger partial charge < -0.3 is 4.74 Å². The number of ether oxygens (including phenoxy) is 1. The van der Waals surface area contributed by atoms with Crippen LogP contribution < -0.4 is 4.74 Å². The highest BCUT2D eigenvalue weighted by molar-refractivity contribution is 7.90. The van der Waals surface area contributed by atoms with Crippen LogP contribution in [0.4, 0.5) is 0 Å². The molecule has 0 saturated heterocycles. The molecule has 5 heteroatoms. The van der Waals surface area contributed by atoms with Crippen LogP contribution in [0.5, 0.6) is 5.75 Å². The Morgan fingerprint density at radius 2 is 2.19 bits per heavy atom. The van der Waals surface area contributed by atoms with Crippen LogP contribution in [0.25, 0.3) is 0 Å². The standard InChI is InChI=1S/C11H13NO3S/c1-9(7-12)8-15-10-4-3-5-11(6-10)16(2,13)14/h3-6,9H,8H2,1-2H3. The molecule has 0 aliphatic carbocycles. The van der Waals surface area contributed by atoms with Crippen LogP contribution >= 0.6 is 0 Å². The van der Waals surface area contributed by atoms with Gasteiger partial charge in [-0.05, 0) is 25.1 Å². The Labute approximate surface area is 95.4 Å². The number of hydrogen-bond acceptors (Lipinski definition) is 4. The van der Waals surface area contributed by atoms with Gasteiger partial charge in [0, 0.05) is 6.26 Å². The predicted molar refractivity (Wildman–Crippen MR) is 59.8 cm³/mol. The first-order valence-electron chi connectivity index (χ1n) is 4.76. The van der Waals surface area contributed by atoms with Crippen LogP contribution in [0, 0.1) is 17.2 Å². The molecule has 0 aliphatic heterocycles. The summed E-state index contributed by atoms with van der Waals surface area (Å²) in [5.41, 5.74) is 0. The van der Waals surface area contributed by atoms with Crippen LogP contribution in [0.1, 0.15) is 6.92 Å². The molecule has 0 spiro atoms. The quantitative estimate of drug-likeness (QED) is 0.800. The van der Waals surface area contributed by atoms with Crippen LogP contribution in [0.2, 0.25) is 0 Å². The molecule has 4 nitrogen and oxygen atoms in total. The molecule has 16 heavy (non-hydrogen) atoms. The van der Waals surface area contributed by atoms with E-state index in [0.29, 0.717) is 5.75 Å². The lowest BCUT2D eigenvalue weighted by atomic mass is 10.2. The van der Waals surface area contributed by atoms with Gasteiger partial charge in [0.2, 0.25) is 0 Å². The van der Waals surface area contributed by atoms with Crippen molar-refractivity contribution in [2.75, 3.05) is 12.9 Å². The van der Waals surface area contributed by atoms with E-state index in [0.717, 1.165) is 6.26 Å². The molecule has 0 fully saturated rings. The molecule has 0 bridgehead atoms. The van der Waals surface area contributed by atoms with Gasteiger partial charge in [0.05, 0.1) is 16.9 Å². The normalized spacial score (nSPS) is 12.8. The zero-order chi connectivity index (χ0) is 12.2. The van der Waals surface area contributed by atoms with Crippen molar-refractivity contribution in [3.8, 4) is 11.8 Å². The minimum atomic E-state index is -3.21. The molecule has 0 heterocycles. The Balaban J connectivity index is 2.81. The first-order chi connectivity index (χ1) is 7.43. The van der Waals surface area contributed by atoms with E-state index < -0.39 is 9.84 Å². The first-order valence-corrected chi connectivity index (χ1v) is 6.65. The smallest absolute Gasteiger partial charge is 0.175 e. The second kappa shape index (κ2) is 4.99. The SMILES string of the molecule is CC(C#N)COc1cccc(S(C)(=O)=O)c1. The summed E-state index contributed by atoms with van der Waals surface area (Å²) in [6, 6.07) is 8.28. The van der Waals surface area contributed by atoms with Crippen LogP contribution in [0.15, 0.2) is 29.2 Å². The summed E-state index contributed by atoms with van der Waals surface area (Å²) in [4.78, 5) is 0.217. The topological polar surface area (TPSA) is 67.2 Å². The van der Waals surface area contributed by atoms with Crippen molar-refractivity contribution in [3.63, 3.8) is 0 Å². The lowest BCUT2D eigenvalue weighted by molar-refractivity contribution is 0.287. The molecule has 0 aromatic heterocycles. The highest BCUT2D eigenvalue weighted by Crippen LogP contribution is 2.17. The van der Waals surface area contributed by atoms with E-state index in [4.69, 9.17) is 10.00 Å². The van der Waals surface area contributed by atoms with Gasteiger partial charge in [0.25, 0.3) is 0 Å². The fourth-order valence-corrected chi connectivity index (χ4v) is 1.71. The van der Waals surface area contributed by atoms with Gasteiger partial charge in [-0.3, -0.25) is 0 Å². The number of nitrogens with zero attached hydrogens (tertiary/aromatic N) is 1. The number of benzene rings is 1. The van der Waals surface area contributed by atoms with Gasteiger partial charge in [-0.2, -0.15) is 5.26 Å². The molecular formula is C11H13NO3S.